The predicted octanol–water partition coefficient (Wildman–Crippen LogP) is 7.98. The van der Waals surface area contributed by atoms with Gasteiger partial charge < -0.3 is 0 Å². The SMILES string of the molecule is CCCC1CCC(c2ccc3c(F)c(CCc4ccc(F)cc4)ccc3c2)CC1. The lowest BCUT2D eigenvalue weighted by atomic mass is 9.77. The first-order valence-electron chi connectivity index (χ1n) is 11.1. The Labute approximate surface area is 173 Å². The smallest absolute Gasteiger partial charge is 0.134 e. The van der Waals surface area contributed by atoms with Crippen LogP contribution in [0.1, 0.15) is 68.1 Å². The van der Waals surface area contributed by atoms with E-state index in [4.69, 9.17) is 0 Å². The summed E-state index contributed by atoms with van der Waals surface area (Å²) in [6.07, 6.45) is 9.14. The molecule has 0 heterocycles. The van der Waals surface area contributed by atoms with E-state index in [0.717, 1.165) is 22.4 Å². The second kappa shape index (κ2) is 9.07. The standard InChI is InChI=1S/C27H30F2/c1-2-3-19-4-9-21(10-5-19)23-14-17-26-24(18-23)13-12-22(27(26)29)11-6-20-7-15-25(28)16-8-20/h7-8,12-19,21H,2-6,9-11H2,1H3. The van der Waals surface area contributed by atoms with Crippen molar-refractivity contribution in [1.82, 2.24) is 0 Å². The molecule has 0 amide bonds. The van der Waals surface area contributed by atoms with E-state index < -0.39 is 0 Å². The van der Waals surface area contributed by atoms with E-state index in [1.807, 2.05) is 12.1 Å². The maximum absolute atomic E-state index is 15.1. The molecule has 0 bridgehead atoms. The molecular weight excluding hydrogens is 362 g/mol. The molecule has 0 aliphatic heterocycles. The van der Waals surface area contributed by atoms with Gasteiger partial charge in [0.15, 0.2) is 0 Å². The first-order valence-corrected chi connectivity index (χ1v) is 11.1. The number of halogens is 2. The second-order valence-corrected chi connectivity index (χ2v) is 8.65. The van der Waals surface area contributed by atoms with Crippen LogP contribution in [0.5, 0.6) is 0 Å². The average Bonchev–Trinajstić information content (AvgIpc) is 2.75. The Morgan fingerprint density at radius 1 is 0.828 bits per heavy atom. The lowest BCUT2D eigenvalue weighted by Gasteiger charge is -2.28. The van der Waals surface area contributed by atoms with Crippen LogP contribution in [0.4, 0.5) is 8.78 Å². The molecule has 3 aromatic carbocycles. The zero-order valence-corrected chi connectivity index (χ0v) is 17.3. The molecule has 0 aromatic heterocycles. The molecule has 1 aliphatic carbocycles. The molecule has 0 spiro atoms. The third-order valence-electron chi connectivity index (χ3n) is 6.67. The van der Waals surface area contributed by atoms with Gasteiger partial charge in [0.05, 0.1) is 0 Å². The Hall–Kier alpha value is -2.22. The van der Waals surface area contributed by atoms with Crippen molar-refractivity contribution in [3.63, 3.8) is 0 Å². The van der Waals surface area contributed by atoms with E-state index in [9.17, 15) is 4.39 Å². The highest BCUT2D eigenvalue weighted by Crippen LogP contribution is 2.38. The molecule has 2 heteroatoms. The first kappa shape index (κ1) is 20.1. The molecule has 152 valence electrons. The van der Waals surface area contributed by atoms with Crippen molar-refractivity contribution in [3.05, 3.63) is 82.9 Å². The first-order chi connectivity index (χ1) is 14.1. The summed E-state index contributed by atoms with van der Waals surface area (Å²) in [6, 6.07) is 16.8. The Balaban J connectivity index is 1.47. The highest BCUT2D eigenvalue weighted by molar-refractivity contribution is 5.84. The van der Waals surface area contributed by atoms with Gasteiger partial charge >= 0.3 is 0 Å². The van der Waals surface area contributed by atoms with E-state index in [-0.39, 0.29) is 11.6 Å². The average molecular weight is 393 g/mol. The largest absolute Gasteiger partial charge is 0.207 e. The van der Waals surface area contributed by atoms with Crippen LogP contribution >= 0.6 is 0 Å². The maximum atomic E-state index is 15.1. The number of rotatable bonds is 6. The molecule has 29 heavy (non-hydrogen) atoms. The van der Waals surface area contributed by atoms with Crippen molar-refractivity contribution in [3.8, 4) is 0 Å². The van der Waals surface area contributed by atoms with Gasteiger partial charge in [-0.05, 0) is 84.6 Å². The molecule has 0 N–H and O–H groups in total. The van der Waals surface area contributed by atoms with Crippen LogP contribution in [0.15, 0.2) is 54.6 Å². The predicted molar refractivity (Wildman–Crippen MR) is 117 cm³/mol. The summed E-state index contributed by atoms with van der Waals surface area (Å²) in [5, 5.41) is 1.71. The van der Waals surface area contributed by atoms with Crippen LogP contribution in [0, 0.1) is 17.6 Å². The van der Waals surface area contributed by atoms with E-state index in [1.54, 1.807) is 12.1 Å². The van der Waals surface area contributed by atoms with E-state index in [1.165, 1.54) is 56.2 Å². The fourth-order valence-corrected chi connectivity index (χ4v) is 4.93. The minimum Gasteiger partial charge on any atom is -0.207 e. The summed E-state index contributed by atoms with van der Waals surface area (Å²) in [7, 11) is 0. The second-order valence-electron chi connectivity index (χ2n) is 8.65. The van der Waals surface area contributed by atoms with Crippen molar-refractivity contribution in [2.45, 2.75) is 64.2 Å². The van der Waals surface area contributed by atoms with Crippen LogP contribution in [0.2, 0.25) is 0 Å². The van der Waals surface area contributed by atoms with Crippen molar-refractivity contribution in [1.29, 1.82) is 0 Å². The van der Waals surface area contributed by atoms with Crippen LogP contribution in [-0.2, 0) is 12.8 Å². The van der Waals surface area contributed by atoms with Crippen molar-refractivity contribution in [2.75, 3.05) is 0 Å². The van der Waals surface area contributed by atoms with Crippen molar-refractivity contribution < 1.29 is 8.78 Å². The van der Waals surface area contributed by atoms with Gasteiger partial charge in [-0.1, -0.05) is 62.2 Å². The number of hydrogen-bond acceptors (Lipinski definition) is 0. The van der Waals surface area contributed by atoms with Crippen LogP contribution in [-0.4, -0.2) is 0 Å². The molecule has 0 unspecified atom stereocenters. The zero-order chi connectivity index (χ0) is 20.2. The highest BCUT2D eigenvalue weighted by atomic mass is 19.1. The quantitative estimate of drug-likeness (QED) is 0.399. The Bertz CT molecular complexity index is 950. The molecule has 0 radical (unpaired) electrons. The van der Waals surface area contributed by atoms with Crippen LogP contribution < -0.4 is 0 Å². The lowest BCUT2D eigenvalue weighted by molar-refractivity contribution is 0.308. The van der Waals surface area contributed by atoms with Crippen LogP contribution in [0.3, 0.4) is 0 Å². The third kappa shape index (κ3) is 4.69. The van der Waals surface area contributed by atoms with E-state index in [2.05, 4.69) is 25.1 Å². The molecule has 4 rings (SSSR count). The minimum absolute atomic E-state index is 0.109. The number of benzene rings is 3. The van der Waals surface area contributed by atoms with Gasteiger partial charge in [-0.2, -0.15) is 0 Å². The zero-order valence-electron chi connectivity index (χ0n) is 17.3. The fourth-order valence-electron chi connectivity index (χ4n) is 4.93. The van der Waals surface area contributed by atoms with Gasteiger partial charge in [0, 0.05) is 5.39 Å². The summed E-state index contributed by atoms with van der Waals surface area (Å²) >= 11 is 0. The third-order valence-corrected chi connectivity index (χ3v) is 6.67. The maximum Gasteiger partial charge on any atom is 0.134 e. The lowest BCUT2D eigenvalue weighted by Crippen LogP contribution is -2.13. The number of fused-ring (bicyclic) bond motifs is 1. The van der Waals surface area contributed by atoms with Gasteiger partial charge in [-0.3, -0.25) is 0 Å². The van der Waals surface area contributed by atoms with Crippen molar-refractivity contribution in [2.24, 2.45) is 5.92 Å². The Morgan fingerprint density at radius 3 is 2.31 bits per heavy atom. The summed E-state index contributed by atoms with van der Waals surface area (Å²) in [6.45, 7) is 2.28. The monoisotopic (exact) mass is 392 g/mol. The van der Waals surface area contributed by atoms with E-state index in [0.29, 0.717) is 24.1 Å². The van der Waals surface area contributed by atoms with E-state index >= 15 is 4.39 Å². The topological polar surface area (TPSA) is 0 Å². The Kier molecular flexibility index (Phi) is 6.28. The molecule has 1 fully saturated rings. The number of hydrogen-bond donors (Lipinski definition) is 0. The van der Waals surface area contributed by atoms with Crippen molar-refractivity contribution >= 4 is 10.8 Å². The van der Waals surface area contributed by atoms with Gasteiger partial charge in [0.1, 0.15) is 11.6 Å². The summed E-state index contributed by atoms with van der Waals surface area (Å²) in [5.74, 6) is 1.18. The van der Waals surface area contributed by atoms with Gasteiger partial charge in [-0.25, -0.2) is 8.78 Å². The molecule has 0 nitrogen and oxygen atoms in total. The normalized spacial score (nSPS) is 19.6. The van der Waals surface area contributed by atoms with Gasteiger partial charge in [-0.15, -0.1) is 0 Å². The molecular formula is C27H30F2. The van der Waals surface area contributed by atoms with Crippen LogP contribution in [0.25, 0.3) is 10.8 Å². The van der Waals surface area contributed by atoms with Gasteiger partial charge in [0.25, 0.3) is 0 Å². The molecule has 1 saturated carbocycles. The molecule has 0 atom stereocenters. The minimum atomic E-state index is -0.236. The molecule has 1 aliphatic rings. The molecule has 0 saturated heterocycles. The van der Waals surface area contributed by atoms with Gasteiger partial charge in [0.2, 0.25) is 0 Å². The summed E-state index contributed by atoms with van der Waals surface area (Å²) in [4.78, 5) is 0. The molecule has 3 aromatic rings. The summed E-state index contributed by atoms with van der Waals surface area (Å²) in [5.41, 5.74) is 3.13. The summed E-state index contributed by atoms with van der Waals surface area (Å²) < 4.78 is 28.1. The Morgan fingerprint density at radius 2 is 1.59 bits per heavy atom. The fraction of sp³-hybridized carbons (Fsp3) is 0.407. The number of aryl methyl sites for hydroxylation is 2. The highest BCUT2D eigenvalue weighted by Gasteiger charge is 2.22.